The van der Waals surface area contributed by atoms with Crippen molar-refractivity contribution in [1.82, 2.24) is 20.9 Å². The fourth-order valence-electron chi connectivity index (χ4n) is 4.44. The molecule has 2 aromatic rings. The molecule has 2 aliphatic heterocycles. The Morgan fingerprint density at radius 2 is 1.88 bits per heavy atom. The standard InChI is InChI=1S/C25H34N6O2/c1-16(2)19-10-12-31(13-11-19)23-9-8-21(17(3)28-23)29-20-6-4-18(5-7-20)14-26-24(32)22-15-27-25(33)30-22/h4-9,16,19,22,29H,10-15H2,1-3H3,(H,26,32)(H2,27,30,33)/t22-/m1/s1. The molecule has 1 aromatic carbocycles. The number of hydrogen-bond donors (Lipinski definition) is 4. The van der Waals surface area contributed by atoms with Crippen molar-refractivity contribution >= 4 is 29.1 Å². The molecule has 1 atom stereocenters. The van der Waals surface area contributed by atoms with E-state index < -0.39 is 6.04 Å². The molecule has 1 aromatic heterocycles. The van der Waals surface area contributed by atoms with Gasteiger partial charge in [0.1, 0.15) is 11.9 Å². The molecule has 176 valence electrons. The van der Waals surface area contributed by atoms with Gasteiger partial charge in [0.05, 0.1) is 11.4 Å². The predicted octanol–water partition coefficient (Wildman–Crippen LogP) is 3.30. The highest BCUT2D eigenvalue weighted by molar-refractivity contribution is 5.90. The number of pyridine rings is 1. The van der Waals surface area contributed by atoms with Crippen LogP contribution in [0.25, 0.3) is 0 Å². The Bertz CT molecular complexity index is 983. The SMILES string of the molecule is Cc1nc(N2CCC(C(C)C)CC2)ccc1Nc1ccc(CNC(=O)[C@H]2CNC(=O)N2)cc1. The molecule has 0 saturated carbocycles. The highest BCUT2D eigenvalue weighted by atomic mass is 16.2. The van der Waals surface area contributed by atoms with Gasteiger partial charge >= 0.3 is 6.03 Å². The van der Waals surface area contributed by atoms with Gasteiger partial charge in [-0.05, 0) is 61.4 Å². The summed E-state index contributed by atoms with van der Waals surface area (Å²) in [5.41, 5.74) is 3.91. The quantitative estimate of drug-likeness (QED) is 0.519. The van der Waals surface area contributed by atoms with Crippen LogP contribution in [0.4, 0.5) is 22.0 Å². The molecule has 0 bridgehead atoms. The molecule has 33 heavy (non-hydrogen) atoms. The summed E-state index contributed by atoms with van der Waals surface area (Å²) in [6, 6.07) is 11.3. The highest BCUT2D eigenvalue weighted by Crippen LogP contribution is 2.29. The Hall–Kier alpha value is -3.29. The summed E-state index contributed by atoms with van der Waals surface area (Å²) in [5, 5.41) is 11.5. The highest BCUT2D eigenvalue weighted by Gasteiger charge is 2.26. The molecule has 2 saturated heterocycles. The largest absolute Gasteiger partial charge is 0.357 e. The number of rotatable bonds is 7. The number of piperidine rings is 1. The summed E-state index contributed by atoms with van der Waals surface area (Å²) in [4.78, 5) is 30.5. The zero-order valence-corrected chi connectivity index (χ0v) is 19.6. The van der Waals surface area contributed by atoms with Crippen molar-refractivity contribution in [3.8, 4) is 0 Å². The number of carbonyl (C=O) groups is 2. The van der Waals surface area contributed by atoms with E-state index in [9.17, 15) is 9.59 Å². The second kappa shape index (κ2) is 10.1. The van der Waals surface area contributed by atoms with Gasteiger partial charge in [-0.1, -0.05) is 26.0 Å². The zero-order valence-electron chi connectivity index (χ0n) is 19.6. The number of carbonyl (C=O) groups excluding carboxylic acids is 2. The van der Waals surface area contributed by atoms with Crippen molar-refractivity contribution < 1.29 is 9.59 Å². The normalized spacial score (nSPS) is 18.7. The monoisotopic (exact) mass is 450 g/mol. The first-order valence-electron chi connectivity index (χ1n) is 11.8. The second-order valence-corrected chi connectivity index (χ2v) is 9.32. The first kappa shape index (κ1) is 22.9. The van der Waals surface area contributed by atoms with Crippen LogP contribution in [0.3, 0.4) is 0 Å². The average Bonchev–Trinajstić information content (AvgIpc) is 3.26. The van der Waals surface area contributed by atoms with Crippen molar-refractivity contribution in [1.29, 1.82) is 0 Å². The van der Waals surface area contributed by atoms with Crippen molar-refractivity contribution in [2.45, 2.75) is 46.2 Å². The minimum absolute atomic E-state index is 0.189. The summed E-state index contributed by atoms with van der Waals surface area (Å²) >= 11 is 0. The summed E-state index contributed by atoms with van der Waals surface area (Å²) in [5.74, 6) is 2.44. The van der Waals surface area contributed by atoms with Crippen molar-refractivity contribution in [2.24, 2.45) is 11.8 Å². The van der Waals surface area contributed by atoms with E-state index in [1.807, 2.05) is 31.2 Å². The third-order valence-electron chi connectivity index (χ3n) is 6.67. The third-order valence-corrected chi connectivity index (χ3v) is 6.67. The number of urea groups is 1. The summed E-state index contributed by atoms with van der Waals surface area (Å²) in [7, 11) is 0. The number of nitrogens with zero attached hydrogens (tertiary/aromatic N) is 2. The van der Waals surface area contributed by atoms with Crippen LogP contribution in [0.5, 0.6) is 0 Å². The molecule has 8 heteroatoms. The smallest absolute Gasteiger partial charge is 0.315 e. The van der Waals surface area contributed by atoms with Crippen molar-refractivity contribution in [3.63, 3.8) is 0 Å². The second-order valence-electron chi connectivity index (χ2n) is 9.32. The number of benzene rings is 1. The lowest BCUT2D eigenvalue weighted by Gasteiger charge is -2.34. The summed E-state index contributed by atoms with van der Waals surface area (Å²) in [6.07, 6.45) is 2.47. The zero-order chi connectivity index (χ0) is 23.4. The maximum absolute atomic E-state index is 12.1. The first-order chi connectivity index (χ1) is 15.9. The van der Waals surface area contributed by atoms with Crippen LogP contribution in [0.1, 0.15) is 37.9 Å². The minimum Gasteiger partial charge on any atom is -0.357 e. The van der Waals surface area contributed by atoms with Gasteiger partial charge < -0.3 is 26.2 Å². The minimum atomic E-state index is -0.515. The van der Waals surface area contributed by atoms with Crippen molar-refractivity contribution in [2.75, 3.05) is 29.9 Å². The van der Waals surface area contributed by atoms with Crippen LogP contribution in [0.2, 0.25) is 0 Å². The van der Waals surface area contributed by atoms with Gasteiger partial charge in [-0.25, -0.2) is 9.78 Å². The molecule has 4 N–H and O–H groups in total. The fraction of sp³-hybridized carbons (Fsp3) is 0.480. The Labute approximate surface area is 195 Å². The molecule has 3 heterocycles. The third kappa shape index (κ3) is 5.74. The van der Waals surface area contributed by atoms with Crippen LogP contribution < -0.4 is 26.2 Å². The number of aryl methyl sites for hydroxylation is 1. The van der Waals surface area contributed by atoms with E-state index in [-0.39, 0.29) is 11.9 Å². The van der Waals surface area contributed by atoms with Crippen LogP contribution in [0.15, 0.2) is 36.4 Å². The number of aromatic nitrogens is 1. The van der Waals surface area contributed by atoms with E-state index in [2.05, 4.69) is 52.1 Å². The lowest BCUT2D eigenvalue weighted by atomic mass is 9.87. The Balaban J connectivity index is 1.30. The summed E-state index contributed by atoms with van der Waals surface area (Å²) < 4.78 is 0. The lowest BCUT2D eigenvalue weighted by Crippen LogP contribution is -2.42. The van der Waals surface area contributed by atoms with Crippen LogP contribution in [-0.4, -0.2) is 42.6 Å². The molecule has 4 rings (SSSR count). The Kier molecular flexibility index (Phi) is 7.01. The van der Waals surface area contributed by atoms with Crippen LogP contribution >= 0.6 is 0 Å². The molecule has 0 radical (unpaired) electrons. The fourth-order valence-corrected chi connectivity index (χ4v) is 4.44. The van der Waals surface area contributed by atoms with Gasteiger partial charge in [0.15, 0.2) is 0 Å². The Morgan fingerprint density at radius 3 is 2.48 bits per heavy atom. The first-order valence-corrected chi connectivity index (χ1v) is 11.8. The van der Waals surface area contributed by atoms with E-state index in [1.54, 1.807) is 0 Å². The summed E-state index contributed by atoms with van der Waals surface area (Å²) in [6.45, 7) is 9.55. The maximum Gasteiger partial charge on any atom is 0.315 e. The molecule has 2 aliphatic rings. The van der Waals surface area contributed by atoms with Gasteiger partial charge in [0.25, 0.3) is 0 Å². The predicted molar refractivity (Wildman–Crippen MR) is 131 cm³/mol. The van der Waals surface area contributed by atoms with Gasteiger partial charge in [0, 0.05) is 31.9 Å². The van der Waals surface area contributed by atoms with Crippen molar-refractivity contribution in [3.05, 3.63) is 47.7 Å². The number of amides is 3. The van der Waals surface area contributed by atoms with E-state index in [4.69, 9.17) is 4.98 Å². The van der Waals surface area contributed by atoms with E-state index >= 15 is 0 Å². The molecule has 8 nitrogen and oxygen atoms in total. The van der Waals surface area contributed by atoms with Gasteiger partial charge in [-0.15, -0.1) is 0 Å². The number of anilines is 3. The van der Waals surface area contributed by atoms with Gasteiger partial charge in [0.2, 0.25) is 5.91 Å². The van der Waals surface area contributed by atoms with Gasteiger partial charge in [-0.3, -0.25) is 4.79 Å². The topological polar surface area (TPSA) is 98.4 Å². The molecular weight excluding hydrogens is 416 g/mol. The molecule has 0 spiro atoms. The molecular formula is C25H34N6O2. The van der Waals surface area contributed by atoms with Crippen LogP contribution in [0, 0.1) is 18.8 Å². The van der Waals surface area contributed by atoms with E-state index in [0.29, 0.717) is 13.1 Å². The number of nitrogens with one attached hydrogen (secondary N) is 4. The Morgan fingerprint density at radius 1 is 1.15 bits per heavy atom. The van der Waals surface area contributed by atoms with Gasteiger partial charge in [-0.2, -0.15) is 0 Å². The molecule has 0 unspecified atom stereocenters. The average molecular weight is 451 g/mol. The van der Waals surface area contributed by atoms with E-state index in [0.717, 1.165) is 53.4 Å². The number of hydrogen-bond acceptors (Lipinski definition) is 5. The lowest BCUT2D eigenvalue weighted by molar-refractivity contribution is -0.122. The van der Waals surface area contributed by atoms with E-state index in [1.165, 1.54) is 12.8 Å². The molecule has 3 amide bonds. The maximum atomic E-state index is 12.1. The molecule has 2 fully saturated rings. The van der Waals surface area contributed by atoms with Crippen LogP contribution in [-0.2, 0) is 11.3 Å². The molecule has 0 aliphatic carbocycles.